The van der Waals surface area contributed by atoms with Gasteiger partial charge in [0.05, 0.1) is 6.61 Å². The van der Waals surface area contributed by atoms with Crippen molar-refractivity contribution in [3.63, 3.8) is 0 Å². The first-order chi connectivity index (χ1) is 12.7. The summed E-state index contributed by atoms with van der Waals surface area (Å²) in [6.45, 7) is 9.04. The van der Waals surface area contributed by atoms with Crippen molar-refractivity contribution in [1.82, 2.24) is 15.5 Å². The predicted molar refractivity (Wildman–Crippen MR) is 125 cm³/mol. The van der Waals surface area contributed by atoms with E-state index < -0.39 is 0 Å². The van der Waals surface area contributed by atoms with Crippen molar-refractivity contribution < 1.29 is 4.74 Å². The number of benzene rings is 1. The molecule has 1 aliphatic rings. The van der Waals surface area contributed by atoms with Gasteiger partial charge in [0.25, 0.3) is 0 Å². The Morgan fingerprint density at radius 1 is 1.26 bits per heavy atom. The molecule has 0 aromatic heterocycles. The van der Waals surface area contributed by atoms with E-state index in [-0.39, 0.29) is 24.0 Å². The molecular formula is C21H37IN4O. The Morgan fingerprint density at radius 3 is 2.70 bits per heavy atom. The molecule has 27 heavy (non-hydrogen) atoms. The van der Waals surface area contributed by atoms with E-state index in [0.29, 0.717) is 12.1 Å². The molecule has 154 valence electrons. The number of nitrogens with one attached hydrogen (secondary N) is 2. The Balaban J connectivity index is 0.00000364. The molecular weight excluding hydrogens is 451 g/mol. The van der Waals surface area contributed by atoms with Crippen molar-refractivity contribution in [2.45, 2.75) is 58.2 Å². The van der Waals surface area contributed by atoms with E-state index in [1.165, 1.54) is 12.0 Å². The molecule has 5 nitrogen and oxygen atoms in total. The highest BCUT2D eigenvalue weighted by Crippen LogP contribution is 2.19. The number of halogens is 1. The van der Waals surface area contributed by atoms with Gasteiger partial charge in [-0.25, -0.2) is 0 Å². The fourth-order valence-electron chi connectivity index (χ4n) is 3.38. The molecule has 2 rings (SSSR count). The number of hydrogen-bond acceptors (Lipinski definition) is 3. The molecule has 0 spiro atoms. The van der Waals surface area contributed by atoms with Crippen LogP contribution in [-0.2, 0) is 11.3 Å². The number of unbranched alkanes of at least 4 members (excludes halogenated alkanes) is 1. The summed E-state index contributed by atoms with van der Waals surface area (Å²) < 4.78 is 5.59. The lowest BCUT2D eigenvalue weighted by molar-refractivity contribution is 0.132. The number of rotatable bonds is 9. The highest BCUT2D eigenvalue weighted by molar-refractivity contribution is 14.0. The molecule has 0 radical (unpaired) electrons. The second kappa shape index (κ2) is 14.2. The number of aliphatic imine (C=N–C) groups is 1. The lowest BCUT2D eigenvalue weighted by Gasteiger charge is -2.38. The highest BCUT2D eigenvalue weighted by Gasteiger charge is 2.25. The van der Waals surface area contributed by atoms with E-state index >= 15 is 0 Å². The molecule has 1 aromatic carbocycles. The Labute approximate surface area is 182 Å². The number of guanidine groups is 1. The van der Waals surface area contributed by atoms with Crippen molar-refractivity contribution in [3.8, 4) is 0 Å². The van der Waals surface area contributed by atoms with Gasteiger partial charge in [-0.15, -0.1) is 24.0 Å². The van der Waals surface area contributed by atoms with Crippen LogP contribution in [0, 0.1) is 0 Å². The van der Waals surface area contributed by atoms with E-state index in [9.17, 15) is 0 Å². The molecule has 1 aliphatic heterocycles. The van der Waals surface area contributed by atoms with Crippen LogP contribution < -0.4 is 10.6 Å². The van der Waals surface area contributed by atoms with E-state index in [1.54, 1.807) is 0 Å². The van der Waals surface area contributed by atoms with Gasteiger partial charge < -0.3 is 15.4 Å². The van der Waals surface area contributed by atoms with Gasteiger partial charge in [0.1, 0.15) is 0 Å². The third kappa shape index (κ3) is 9.25. The number of piperidine rings is 1. The lowest BCUT2D eigenvalue weighted by Crippen LogP contribution is -2.51. The molecule has 0 aliphatic carbocycles. The molecule has 0 amide bonds. The van der Waals surface area contributed by atoms with E-state index in [1.807, 2.05) is 7.05 Å². The summed E-state index contributed by atoms with van der Waals surface area (Å²) in [5.74, 6) is 0.887. The number of hydrogen-bond donors (Lipinski definition) is 2. The molecule has 1 fully saturated rings. The minimum atomic E-state index is 0. The molecule has 1 heterocycles. The van der Waals surface area contributed by atoms with Crippen LogP contribution in [-0.4, -0.2) is 56.3 Å². The third-order valence-electron chi connectivity index (χ3n) is 4.99. The minimum absolute atomic E-state index is 0. The summed E-state index contributed by atoms with van der Waals surface area (Å²) in [5, 5.41) is 6.94. The molecule has 2 atom stereocenters. The van der Waals surface area contributed by atoms with Crippen LogP contribution in [0.1, 0.15) is 45.1 Å². The molecule has 6 heteroatoms. The van der Waals surface area contributed by atoms with Crippen LogP contribution >= 0.6 is 24.0 Å². The number of likely N-dealkylation sites (tertiary alicyclic amines) is 1. The maximum Gasteiger partial charge on any atom is 0.191 e. The highest BCUT2D eigenvalue weighted by atomic mass is 127. The fourth-order valence-corrected chi connectivity index (χ4v) is 3.38. The SMILES string of the molecule is CCCCOCCNC(=NC)NC1CCN(Cc2ccccc2)C(C)C1.I. The van der Waals surface area contributed by atoms with E-state index in [4.69, 9.17) is 4.74 Å². The number of nitrogens with zero attached hydrogens (tertiary/aromatic N) is 2. The van der Waals surface area contributed by atoms with Gasteiger partial charge in [-0.1, -0.05) is 43.7 Å². The van der Waals surface area contributed by atoms with Crippen LogP contribution in [0.3, 0.4) is 0 Å². The largest absolute Gasteiger partial charge is 0.380 e. The second-order valence-electron chi connectivity index (χ2n) is 7.14. The van der Waals surface area contributed by atoms with Gasteiger partial charge in [-0.3, -0.25) is 9.89 Å². The van der Waals surface area contributed by atoms with Gasteiger partial charge in [0, 0.05) is 45.4 Å². The first-order valence-corrected chi connectivity index (χ1v) is 10.1. The van der Waals surface area contributed by atoms with Crippen LogP contribution in [0.5, 0.6) is 0 Å². The monoisotopic (exact) mass is 488 g/mol. The maximum absolute atomic E-state index is 5.59. The summed E-state index contributed by atoms with van der Waals surface area (Å²) in [6, 6.07) is 11.8. The van der Waals surface area contributed by atoms with E-state index in [0.717, 1.165) is 58.1 Å². The molecule has 2 unspecified atom stereocenters. The first kappa shape index (κ1) is 24.2. The van der Waals surface area contributed by atoms with Crippen LogP contribution in [0.25, 0.3) is 0 Å². The van der Waals surface area contributed by atoms with Crippen molar-refractivity contribution in [2.24, 2.45) is 4.99 Å². The van der Waals surface area contributed by atoms with E-state index in [2.05, 4.69) is 64.7 Å². The van der Waals surface area contributed by atoms with Crippen LogP contribution in [0.4, 0.5) is 0 Å². The minimum Gasteiger partial charge on any atom is -0.380 e. The smallest absolute Gasteiger partial charge is 0.191 e. The average Bonchev–Trinajstić information content (AvgIpc) is 2.66. The quantitative estimate of drug-likeness (QED) is 0.241. The third-order valence-corrected chi connectivity index (χ3v) is 4.99. The fraction of sp³-hybridized carbons (Fsp3) is 0.667. The summed E-state index contributed by atoms with van der Waals surface area (Å²) in [5.41, 5.74) is 1.39. The predicted octanol–water partition coefficient (Wildman–Crippen LogP) is 3.64. The summed E-state index contributed by atoms with van der Waals surface area (Å²) >= 11 is 0. The molecule has 0 saturated carbocycles. The molecule has 1 saturated heterocycles. The molecule has 2 N–H and O–H groups in total. The van der Waals surface area contributed by atoms with Gasteiger partial charge in [-0.2, -0.15) is 0 Å². The van der Waals surface area contributed by atoms with Crippen LogP contribution in [0.2, 0.25) is 0 Å². The second-order valence-corrected chi connectivity index (χ2v) is 7.14. The maximum atomic E-state index is 5.59. The van der Waals surface area contributed by atoms with Crippen molar-refractivity contribution >= 4 is 29.9 Å². The zero-order valence-corrected chi connectivity index (χ0v) is 19.4. The van der Waals surface area contributed by atoms with Crippen LogP contribution in [0.15, 0.2) is 35.3 Å². The van der Waals surface area contributed by atoms with Crippen molar-refractivity contribution in [1.29, 1.82) is 0 Å². The van der Waals surface area contributed by atoms with Gasteiger partial charge in [-0.05, 0) is 31.7 Å². The van der Waals surface area contributed by atoms with Gasteiger partial charge in [0.2, 0.25) is 0 Å². The summed E-state index contributed by atoms with van der Waals surface area (Å²) in [7, 11) is 1.83. The summed E-state index contributed by atoms with van der Waals surface area (Å²) in [6.07, 6.45) is 4.59. The topological polar surface area (TPSA) is 48.9 Å². The standard InChI is InChI=1S/C21H36N4O.HI/c1-4-5-14-26-15-12-23-21(22-3)24-20-11-13-25(18(2)16-20)17-19-9-7-6-8-10-19;/h6-10,18,20H,4-5,11-17H2,1-3H3,(H2,22,23,24);1H. The molecule has 1 aromatic rings. The first-order valence-electron chi connectivity index (χ1n) is 10.1. The Bertz CT molecular complexity index is 526. The Hall–Kier alpha value is -0.860. The van der Waals surface area contributed by atoms with Crippen molar-refractivity contribution in [3.05, 3.63) is 35.9 Å². The van der Waals surface area contributed by atoms with Crippen molar-refractivity contribution in [2.75, 3.05) is 33.4 Å². The van der Waals surface area contributed by atoms with Gasteiger partial charge >= 0.3 is 0 Å². The zero-order chi connectivity index (χ0) is 18.6. The average molecular weight is 488 g/mol. The molecule has 0 bridgehead atoms. The number of ether oxygens (including phenoxy) is 1. The lowest BCUT2D eigenvalue weighted by atomic mass is 9.97. The zero-order valence-electron chi connectivity index (χ0n) is 17.1. The Kier molecular flexibility index (Phi) is 12.7. The Morgan fingerprint density at radius 2 is 2.04 bits per heavy atom. The summed E-state index contributed by atoms with van der Waals surface area (Å²) in [4.78, 5) is 6.93. The normalized spacial score (nSPS) is 20.8. The van der Waals surface area contributed by atoms with Gasteiger partial charge in [0.15, 0.2) is 5.96 Å².